The maximum Gasteiger partial charge on any atom is 0.350 e. The smallest absolute Gasteiger partial charge is 0.350 e. The lowest BCUT2D eigenvalue weighted by atomic mass is 9.94. The number of ether oxygens (including phenoxy) is 4. The second kappa shape index (κ2) is 13.6. The minimum atomic E-state index is -1.08. The number of Topliss-reactive ketones (excluding diaryl/α,β-unsaturated/α-hetero) is 1. The second-order valence-corrected chi connectivity index (χ2v) is 11.7. The summed E-state index contributed by atoms with van der Waals surface area (Å²) in [5.41, 5.74) is 1.99. The Labute approximate surface area is 265 Å². The minimum Gasteiger partial charge on any atom is -0.507 e. The Morgan fingerprint density at radius 3 is 2.71 bits per heavy atom. The third-order valence-corrected chi connectivity index (χ3v) is 8.60. The Hall–Kier alpha value is -4.64. The number of aryl methyl sites for hydroxylation is 1. The Kier molecular flexibility index (Phi) is 9.57. The molecule has 1 fully saturated rings. The van der Waals surface area contributed by atoms with Crippen LogP contribution in [-0.2, 0) is 20.7 Å². The lowest BCUT2D eigenvalue weighted by Gasteiger charge is -2.24. The van der Waals surface area contributed by atoms with Crippen LogP contribution in [0.5, 0.6) is 17.2 Å². The van der Waals surface area contributed by atoms with Crippen LogP contribution in [0.3, 0.4) is 0 Å². The van der Waals surface area contributed by atoms with Gasteiger partial charge in [-0.2, -0.15) is 0 Å². The van der Waals surface area contributed by atoms with E-state index in [4.69, 9.17) is 18.9 Å². The first-order chi connectivity index (χ1) is 21.7. The number of carbonyl (C=O) groups is 3. The van der Waals surface area contributed by atoms with Crippen LogP contribution in [0.1, 0.15) is 71.7 Å². The van der Waals surface area contributed by atoms with Gasteiger partial charge < -0.3 is 24.1 Å². The molecule has 10 nitrogen and oxygen atoms in total. The van der Waals surface area contributed by atoms with Gasteiger partial charge in [0.05, 0.1) is 30.5 Å². The number of benzene rings is 2. The number of esters is 1. The number of amides is 1. The van der Waals surface area contributed by atoms with Crippen LogP contribution in [0.4, 0.5) is 5.13 Å². The summed E-state index contributed by atoms with van der Waals surface area (Å²) in [4.78, 5) is 46.2. The molecule has 2 aliphatic rings. The summed E-state index contributed by atoms with van der Waals surface area (Å²) < 4.78 is 22.9. The number of carbonyl (C=O) groups excluding carboxylic acids is 3. The molecule has 0 spiro atoms. The Morgan fingerprint density at radius 1 is 1.18 bits per heavy atom. The Morgan fingerprint density at radius 2 is 1.98 bits per heavy atom. The van der Waals surface area contributed by atoms with Gasteiger partial charge in [0.1, 0.15) is 29.1 Å². The van der Waals surface area contributed by atoms with E-state index in [1.54, 1.807) is 43.3 Å². The van der Waals surface area contributed by atoms with Crippen molar-refractivity contribution in [1.29, 1.82) is 0 Å². The molecular weight excluding hydrogens is 596 g/mol. The molecule has 0 aliphatic carbocycles. The molecule has 0 radical (unpaired) electrons. The first-order valence-electron chi connectivity index (χ1n) is 14.9. The summed E-state index contributed by atoms with van der Waals surface area (Å²) in [5.74, 6) is -1.05. The molecule has 0 saturated carbocycles. The molecule has 2 aliphatic heterocycles. The predicted octanol–water partition coefficient (Wildman–Crippen LogP) is 6.32. The average Bonchev–Trinajstić information content (AvgIpc) is 3.67. The average molecular weight is 633 g/mol. The van der Waals surface area contributed by atoms with Crippen LogP contribution in [0.15, 0.2) is 54.6 Å². The van der Waals surface area contributed by atoms with E-state index in [-0.39, 0.29) is 34.1 Å². The molecule has 45 heavy (non-hydrogen) atoms. The highest BCUT2D eigenvalue weighted by molar-refractivity contribution is 7.17. The van der Waals surface area contributed by atoms with Crippen LogP contribution >= 0.6 is 11.3 Å². The third-order valence-electron chi connectivity index (χ3n) is 7.46. The molecule has 2 atom stereocenters. The number of fused-ring (bicyclic) bond motifs is 1. The van der Waals surface area contributed by atoms with Crippen LogP contribution in [0.2, 0.25) is 0 Å². The number of unbranched alkanes of at least 4 members (excludes halogenated alkanes) is 1. The molecule has 236 valence electrons. The van der Waals surface area contributed by atoms with Crippen LogP contribution < -0.4 is 19.1 Å². The van der Waals surface area contributed by atoms with Crippen molar-refractivity contribution >= 4 is 39.9 Å². The summed E-state index contributed by atoms with van der Waals surface area (Å²) in [6.45, 7) is 11.9. The van der Waals surface area contributed by atoms with Gasteiger partial charge in [-0.3, -0.25) is 14.5 Å². The van der Waals surface area contributed by atoms with Crippen molar-refractivity contribution in [2.24, 2.45) is 0 Å². The van der Waals surface area contributed by atoms with Crippen molar-refractivity contribution in [2.75, 3.05) is 24.7 Å². The summed E-state index contributed by atoms with van der Waals surface area (Å²) in [6.07, 6.45) is 3.90. The fourth-order valence-corrected chi connectivity index (χ4v) is 6.34. The predicted molar refractivity (Wildman–Crippen MR) is 170 cm³/mol. The van der Waals surface area contributed by atoms with E-state index in [0.29, 0.717) is 53.7 Å². The minimum absolute atomic E-state index is 0.00744. The van der Waals surface area contributed by atoms with Gasteiger partial charge in [-0.1, -0.05) is 43.4 Å². The van der Waals surface area contributed by atoms with E-state index in [0.717, 1.165) is 29.7 Å². The van der Waals surface area contributed by atoms with Gasteiger partial charge in [0, 0.05) is 12.0 Å². The van der Waals surface area contributed by atoms with E-state index in [1.807, 2.05) is 13.8 Å². The molecule has 3 heterocycles. The lowest BCUT2D eigenvalue weighted by Crippen LogP contribution is -2.29. The zero-order valence-corrected chi connectivity index (χ0v) is 26.6. The number of rotatable bonds is 12. The molecule has 2 aromatic carbocycles. The van der Waals surface area contributed by atoms with E-state index in [1.165, 1.54) is 11.0 Å². The Balaban J connectivity index is 1.66. The van der Waals surface area contributed by atoms with Crippen LogP contribution in [0.25, 0.3) is 5.76 Å². The number of anilines is 1. The van der Waals surface area contributed by atoms with Gasteiger partial charge in [-0.05, 0) is 68.7 Å². The fraction of sp³-hybridized carbons (Fsp3) is 0.353. The van der Waals surface area contributed by atoms with Crippen LogP contribution in [0, 0.1) is 6.92 Å². The van der Waals surface area contributed by atoms with E-state index >= 15 is 0 Å². The zero-order chi connectivity index (χ0) is 32.2. The summed E-state index contributed by atoms with van der Waals surface area (Å²) in [7, 11) is 0. The molecule has 1 saturated heterocycles. The van der Waals surface area contributed by atoms with Crippen molar-refractivity contribution in [3.8, 4) is 17.2 Å². The highest BCUT2D eigenvalue weighted by atomic mass is 32.1. The molecule has 1 amide bonds. The number of ketones is 1. The number of aromatic nitrogens is 1. The SMILES string of the molecule is C=CCOC(=O)c1sc(N2C(=O)C(=O)/C(=C(/O)c3ccc4c(c3)C[C@H](C)O4)[C@H]2c2ccc(OCCCC)c(OCC)c2)nc1C. The molecule has 11 heteroatoms. The van der Waals surface area contributed by atoms with E-state index in [2.05, 4.69) is 18.5 Å². The quantitative estimate of drug-likeness (QED) is 0.0610. The van der Waals surface area contributed by atoms with Gasteiger partial charge in [-0.15, -0.1) is 0 Å². The summed E-state index contributed by atoms with van der Waals surface area (Å²) >= 11 is 0.933. The van der Waals surface area contributed by atoms with E-state index in [9.17, 15) is 19.5 Å². The van der Waals surface area contributed by atoms with E-state index < -0.39 is 23.7 Å². The molecule has 0 unspecified atom stereocenters. The van der Waals surface area contributed by atoms with Crippen LogP contribution in [-0.4, -0.2) is 53.7 Å². The number of hydrogen-bond acceptors (Lipinski definition) is 10. The van der Waals surface area contributed by atoms with Crippen molar-refractivity contribution in [3.63, 3.8) is 0 Å². The standard InChI is InChI=1S/C34H36N2O8S/c1-6-9-15-42-25-13-10-21(18-26(25)41-8-3)28-27(29(37)22-11-12-24-23(17-22)16-19(4)44-24)30(38)32(39)36(28)34-35-20(5)31(45-34)33(40)43-14-7-2/h7,10-13,17-19,28,37H,2,6,8-9,14-16H2,1,3-5H3/b29-27+/t19-,28+/m0/s1. The molecule has 1 aromatic heterocycles. The maximum absolute atomic E-state index is 13.8. The summed E-state index contributed by atoms with van der Waals surface area (Å²) in [5, 5.41) is 11.8. The molecule has 0 bridgehead atoms. The largest absolute Gasteiger partial charge is 0.507 e. The van der Waals surface area contributed by atoms with Crippen molar-refractivity contribution in [3.05, 3.63) is 81.9 Å². The second-order valence-electron chi connectivity index (χ2n) is 10.8. The molecular formula is C34H36N2O8S. The van der Waals surface area contributed by atoms with Gasteiger partial charge in [0.25, 0.3) is 5.78 Å². The normalized spacial score (nSPS) is 18.4. The monoisotopic (exact) mass is 632 g/mol. The highest BCUT2D eigenvalue weighted by Crippen LogP contribution is 2.46. The van der Waals surface area contributed by atoms with Gasteiger partial charge in [0.2, 0.25) is 0 Å². The van der Waals surface area contributed by atoms with Crippen molar-refractivity contribution in [1.82, 2.24) is 4.98 Å². The summed E-state index contributed by atoms with van der Waals surface area (Å²) in [6, 6.07) is 9.28. The highest BCUT2D eigenvalue weighted by Gasteiger charge is 2.49. The molecule has 3 aromatic rings. The number of nitrogens with zero attached hydrogens (tertiary/aromatic N) is 2. The first-order valence-corrected chi connectivity index (χ1v) is 15.8. The topological polar surface area (TPSA) is 124 Å². The lowest BCUT2D eigenvalue weighted by molar-refractivity contribution is -0.132. The van der Waals surface area contributed by atoms with Gasteiger partial charge in [0.15, 0.2) is 16.6 Å². The van der Waals surface area contributed by atoms with Crippen molar-refractivity contribution < 1.29 is 38.4 Å². The number of hydrogen-bond donors (Lipinski definition) is 1. The maximum atomic E-state index is 13.8. The first kappa shape index (κ1) is 31.8. The van der Waals surface area contributed by atoms with Crippen molar-refractivity contribution in [2.45, 2.75) is 59.1 Å². The number of aliphatic hydroxyl groups excluding tert-OH is 1. The Bertz CT molecular complexity index is 1680. The molecule has 5 rings (SSSR count). The van der Waals surface area contributed by atoms with Gasteiger partial charge >= 0.3 is 11.9 Å². The fourth-order valence-electron chi connectivity index (χ4n) is 5.35. The third kappa shape index (κ3) is 6.30. The zero-order valence-electron chi connectivity index (χ0n) is 25.8. The number of thiazole rings is 1. The molecule has 1 N–H and O–H groups in total. The number of aliphatic hydroxyl groups is 1. The van der Waals surface area contributed by atoms with Gasteiger partial charge in [-0.25, -0.2) is 9.78 Å².